The van der Waals surface area contributed by atoms with Crippen LogP contribution in [0.1, 0.15) is 27.4 Å². The van der Waals surface area contributed by atoms with Gasteiger partial charge in [0, 0.05) is 17.7 Å². The van der Waals surface area contributed by atoms with Gasteiger partial charge in [0.05, 0.1) is 5.37 Å². The highest BCUT2D eigenvalue weighted by atomic mass is 32.2. The van der Waals surface area contributed by atoms with Crippen molar-refractivity contribution in [3.8, 4) is 11.5 Å². The van der Waals surface area contributed by atoms with Crippen LogP contribution in [-0.4, -0.2) is 15.2 Å². The van der Waals surface area contributed by atoms with Crippen molar-refractivity contribution in [2.75, 3.05) is 0 Å². The van der Waals surface area contributed by atoms with Crippen LogP contribution in [0.2, 0.25) is 0 Å². The van der Waals surface area contributed by atoms with Gasteiger partial charge in [-0.3, -0.25) is 0 Å². The Morgan fingerprint density at radius 1 is 0.769 bits per heavy atom. The second-order valence-electron chi connectivity index (χ2n) is 6.23. The molecule has 3 aromatic carbocycles. The SMILES string of the molecule is Oc1ccccc1C1NN(Cc2ccccc2)C(c2ccccc2O)S1. The predicted molar refractivity (Wildman–Crippen MR) is 104 cm³/mol. The van der Waals surface area contributed by atoms with Gasteiger partial charge in [0.1, 0.15) is 16.9 Å². The van der Waals surface area contributed by atoms with Gasteiger partial charge in [-0.2, -0.15) is 0 Å². The molecule has 2 atom stereocenters. The average molecular weight is 364 g/mol. The zero-order valence-electron chi connectivity index (χ0n) is 14.1. The normalized spacial score (nSPS) is 20.3. The lowest BCUT2D eigenvalue weighted by molar-refractivity contribution is 0.176. The Balaban J connectivity index is 1.67. The van der Waals surface area contributed by atoms with Gasteiger partial charge < -0.3 is 10.2 Å². The summed E-state index contributed by atoms with van der Waals surface area (Å²) in [6.07, 6.45) is 0. The van der Waals surface area contributed by atoms with E-state index in [9.17, 15) is 10.2 Å². The highest BCUT2D eigenvalue weighted by Crippen LogP contribution is 2.50. The molecule has 1 aliphatic rings. The Labute approximate surface area is 157 Å². The summed E-state index contributed by atoms with van der Waals surface area (Å²) < 4.78 is 0. The number of hydrogen-bond donors (Lipinski definition) is 3. The molecule has 4 rings (SSSR count). The molecule has 0 bridgehead atoms. The van der Waals surface area contributed by atoms with Crippen LogP contribution in [0.5, 0.6) is 11.5 Å². The first kappa shape index (κ1) is 17.0. The monoisotopic (exact) mass is 364 g/mol. The van der Waals surface area contributed by atoms with E-state index >= 15 is 0 Å². The minimum absolute atomic E-state index is 0.0685. The zero-order valence-corrected chi connectivity index (χ0v) is 14.9. The molecule has 4 nitrogen and oxygen atoms in total. The van der Waals surface area contributed by atoms with Crippen LogP contribution in [-0.2, 0) is 6.54 Å². The molecule has 0 amide bonds. The Morgan fingerprint density at radius 3 is 2.00 bits per heavy atom. The van der Waals surface area contributed by atoms with Crippen molar-refractivity contribution in [1.29, 1.82) is 0 Å². The van der Waals surface area contributed by atoms with Crippen molar-refractivity contribution >= 4 is 11.8 Å². The molecule has 0 saturated carbocycles. The van der Waals surface area contributed by atoms with Gasteiger partial charge in [0.15, 0.2) is 0 Å². The number of thioether (sulfide) groups is 1. The van der Waals surface area contributed by atoms with Crippen LogP contribution in [0.25, 0.3) is 0 Å². The number of phenols is 2. The van der Waals surface area contributed by atoms with E-state index in [2.05, 4.69) is 22.6 Å². The number of nitrogens with zero attached hydrogens (tertiary/aromatic N) is 1. The quantitative estimate of drug-likeness (QED) is 0.634. The first-order valence-electron chi connectivity index (χ1n) is 8.50. The Kier molecular flexibility index (Phi) is 4.84. The van der Waals surface area contributed by atoms with E-state index in [1.165, 1.54) is 5.56 Å². The number of para-hydroxylation sites is 2. The molecule has 0 aliphatic carbocycles. The molecule has 3 N–H and O–H groups in total. The third kappa shape index (κ3) is 3.42. The van der Waals surface area contributed by atoms with E-state index in [4.69, 9.17) is 0 Å². The molecule has 5 heteroatoms. The first-order valence-corrected chi connectivity index (χ1v) is 9.44. The largest absolute Gasteiger partial charge is 0.508 e. The molecule has 3 aromatic rings. The van der Waals surface area contributed by atoms with Gasteiger partial charge in [0.2, 0.25) is 0 Å². The van der Waals surface area contributed by atoms with Crippen LogP contribution in [0.4, 0.5) is 0 Å². The molecule has 2 unspecified atom stereocenters. The number of hydrazine groups is 1. The molecule has 26 heavy (non-hydrogen) atoms. The van der Waals surface area contributed by atoms with Gasteiger partial charge in [-0.25, -0.2) is 10.4 Å². The zero-order chi connectivity index (χ0) is 17.9. The van der Waals surface area contributed by atoms with E-state index in [0.29, 0.717) is 6.54 Å². The van der Waals surface area contributed by atoms with Crippen molar-refractivity contribution in [2.24, 2.45) is 0 Å². The summed E-state index contributed by atoms with van der Waals surface area (Å²) in [5, 5.41) is 22.5. The number of rotatable bonds is 4. The van der Waals surface area contributed by atoms with E-state index in [0.717, 1.165) is 11.1 Å². The minimum Gasteiger partial charge on any atom is -0.508 e. The maximum absolute atomic E-state index is 10.3. The summed E-state index contributed by atoms with van der Waals surface area (Å²) in [7, 11) is 0. The molecule has 0 spiro atoms. The summed E-state index contributed by atoms with van der Waals surface area (Å²) in [5.74, 6) is 0.554. The lowest BCUT2D eigenvalue weighted by Gasteiger charge is -2.24. The molecular formula is C21H20N2O2S. The number of hydrogen-bond acceptors (Lipinski definition) is 5. The van der Waals surface area contributed by atoms with Gasteiger partial charge in [0.25, 0.3) is 0 Å². The maximum Gasteiger partial charge on any atom is 0.121 e. The molecule has 1 saturated heterocycles. The molecule has 1 fully saturated rings. The van der Waals surface area contributed by atoms with Crippen molar-refractivity contribution in [1.82, 2.24) is 10.4 Å². The Morgan fingerprint density at radius 2 is 1.35 bits per heavy atom. The fourth-order valence-corrected chi connectivity index (χ4v) is 4.58. The third-order valence-corrected chi connectivity index (χ3v) is 5.85. The average Bonchev–Trinajstić information content (AvgIpc) is 3.06. The smallest absolute Gasteiger partial charge is 0.121 e. The molecular weight excluding hydrogens is 344 g/mol. The Hall–Kier alpha value is -2.47. The van der Waals surface area contributed by atoms with Gasteiger partial charge >= 0.3 is 0 Å². The second-order valence-corrected chi connectivity index (χ2v) is 7.42. The summed E-state index contributed by atoms with van der Waals surface area (Å²) in [4.78, 5) is 0. The van der Waals surface area contributed by atoms with Crippen molar-refractivity contribution < 1.29 is 10.2 Å². The lowest BCUT2D eigenvalue weighted by atomic mass is 10.1. The maximum atomic E-state index is 10.3. The minimum atomic E-state index is -0.0930. The third-order valence-electron chi connectivity index (χ3n) is 4.45. The van der Waals surface area contributed by atoms with E-state index in [1.807, 2.05) is 54.6 Å². The van der Waals surface area contributed by atoms with Gasteiger partial charge in [-0.1, -0.05) is 66.7 Å². The molecule has 0 aromatic heterocycles. The van der Waals surface area contributed by atoms with E-state index in [-0.39, 0.29) is 22.2 Å². The number of benzene rings is 3. The fraction of sp³-hybridized carbons (Fsp3) is 0.143. The number of aromatic hydroxyl groups is 2. The summed E-state index contributed by atoms with van der Waals surface area (Å²) in [6, 6.07) is 25.0. The molecule has 1 aliphatic heterocycles. The topological polar surface area (TPSA) is 55.7 Å². The van der Waals surface area contributed by atoms with Crippen molar-refractivity contribution in [3.05, 3.63) is 95.6 Å². The first-order chi connectivity index (χ1) is 12.7. The number of nitrogens with one attached hydrogen (secondary N) is 1. The highest BCUT2D eigenvalue weighted by molar-refractivity contribution is 7.99. The van der Waals surface area contributed by atoms with Crippen molar-refractivity contribution in [2.45, 2.75) is 17.3 Å². The fourth-order valence-electron chi connectivity index (χ4n) is 3.15. The van der Waals surface area contributed by atoms with Crippen molar-refractivity contribution in [3.63, 3.8) is 0 Å². The highest BCUT2D eigenvalue weighted by Gasteiger charge is 2.36. The van der Waals surface area contributed by atoms with Crippen LogP contribution in [0.3, 0.4) is 0 Å². The molecule has 132 valence electrons. The van der Waals surface area contributed by atoms with Gasteiger partial charge in [-0.15, -0.1) is 11.8 Å². The lowest BCUT2D eigenvalue weighted by Crippen LogP contribution is -2.33. The number of phenolic OH excluding ortho intramolecular Hbond substituents is 2. The van der Waals surface area contributed by atoms with Gasteiger partial charge in [-0.05, 0) is 17.7 Å². The molecule has 1 heterocycles. The van der Waals surface area contributed by atoms with Crippen LogP contribution in [0.15, 0.2) is 78.9 Å². The Bertz CT molecular complexity index is 888. The summed E-state index contributed by atoms with van der Waals surface area (Å²) >= 11 is 1.67. The van der Waals surface area contributed by atoms with E-state index < -0.39 is 0 Å². The standard InChI is InChI=1S/C21H20N2O2S/c24-18-12-6-4-10-16(18)20-22-23(14-15-8-2-1-3-9-15)21(26-20)17-11-5-7-13-19(17)25/h1-13,20-22,24-25H,14H2. The van der Waals surface area contributed by atoms with Crippen LogP contribution < -0.4 is 5.43 Å². The molecule has 0 radical (unpaired) electrons. The van der Waals surface area contributed by atoms with E-state index in [1.54, 1.807) is 23.9 Å². The van der Waals surface area contributed by atoms with Crippen LogP contribution in [0, 0.1) is 0 Å². The summed E-state index contributed by atoms with van der Waals surface area (Å²) in [6.45, 7) is 0.691. The van der Waals surface area contributed by atoms with Crippen LogP contribution >= 0.6 is 11.8 Å². The predicted octanol–water partition coefficient (Wildman–Crippen LogP) is 4.55. The second kappa shape index (κ2) is 7.41. The summed E-state index contributed by atoms with van der Waals surface area (Å²) in [5.41, 5.74) is 6.38.